The highest BCUT2D eigenvalue weighted by Gasteiger charge is 2.62. The van der Waals surface area contributed by atoms with Crippen LogP contribution in [0.25, 0.3) is 6.08 Å². The highest BCUT2D eigenvalue weighted by Crippen LogP contribution is 2.50. The molecule has 2 heterocycles. The summed E-state index contributed by atoms with van der Waals surface area (Å²) in [5.74, 6) is -2.40. The van der Waals surface area contributed by atoms with Gasteiger partial charge < -0.3 is 4.84 Å². The van der Waals surface area contributed by atoms with Gasteiger partial charge in [-0.05, 0) is 48.1 Å². The maximum absolute atomic E-state index is 14.3. The van der Waals surface area contributed by atoms with E-state index in [9.17, 15) is 27.2 Å². The van der Waals surface area contributed by atoms with E-state index in [0.29, 0.717) is 4.91 Å². The Morgan fingerprint density at radius 1 is 1.07 bits per heavy atom. The average Bonchev–Trinajstić information content (AvgIpc) is 3.51. The molecule has 216 valence electrons. The summed E-state index contributed by atoms with van der Waals surface area (Å²) in [6.45, 7) is 0. The Bertz CT molecular complexity index is 1680. The van der Waals surface area contributed by atoms with Gasteiger partial charge in [-0.3, -0.25) is 15.0 Å². The summed E-state index contributed by atoms with van der Waals surface area (Å²) in [5, 5.41) is 3.16. The minimum absolute atomic E-state index is 0.0831. The molecule has 3 aromatic carbocycles. The largest absolute Gasteiger partial charge is 0.435 e. The van der Waals surface area contributed by atoms with Gasteiger partial charge in [-0.15, -0.1) is 0 Å². The van der Waals surface area contributed by atoms with E-state index in [1.54, 1.807) is 30.3 Å². The minimum atomic E-state index is -5.00. The van der Waals surface area contributed by atoms with Crippen molar-refractivity contribution in [3.63, 3.8) is 0 Å². The number of carbonyl (C=O) groups excluding carboxylic acids is 2. The number of nitrogens with one attached hydrogen (secondary N) is 1. The molecule has 0 bridgehead atoms. The van der Waals surface area contributed by atoms with Gasteiger partial charge in [0.05, 0.1) is 31.2 Å². The third-order valence-electron chi connectivity index (χ3n) is 6.29. The van der Waals surface area contributed by atoms with Gasteiger partial charge in [-0.1, -0.05) is 88.1 Å². The molecular formula is C27H14Cl3F4N3O3S2. The van der Waals surface area contributed by atoms with Crippen molar-refractivity contribution in [2.45, 2.75) is 18.2 Å². The monoisotopic (exact) mass is 673 g/mol. The van der Waals surface area contributed by atoms with Crippen LogP contribution in [0, 0.1) is 5.82 Å². The van der Waals surface area contributed by atoms with Crippen LogP contribution in [-0.4, -0.2) is 33.0 Å². The lowest BCUT2D eigenvalue weighted by atomic mass is 9.86. The van der Waals surface area contributed by atoms with Gasteiger partial charge in [-0.2, -0.15) is 18.2 Å². The van der Waals surface area contributed by atoms with E-state index in [0.717, 1.165) is 34.5 Å². The Balaban J connectivity index is 1.35. The second kappa shape index (κ2) is 11.5. The van der Waals surface area contributed by atoms with Crippen LogP contribution < -0.4 is 5.43 Å². The predicted octanol–water partition coefficient (Wildman–Crippen LogP) is 7.91. The van der Waals surface area contributed by atoms with Gasteiger partial charge in [-0.25, -0.2) is 4.39 Å². The summed E-state index contributed by atoms with van der Waals surface area (Å²) in [5.41, 5.74) is -0.482. The molecule has 0 aromatic heterocycles. The average molecular weight is 675 g/mol. The van der Waals surface area contributed by atoms with Crippen molar-refractivity contribution < 1.29 is 32.0 Å². The van der Waals surface area contributed by atoms with Crippen molar-refractivity contribution in [3.05, 3.63) is 109 Å². The molecule has 0 aliphatic carbocycles. The van der Waals surface area contributed by atoms with E-state index in [4.69, 9.17) is 51.9 Å². The van der Waals surface area contributed by atoms with Crippen molar-refractivity contribution in [3.8, 4) is 0 Å². The minimum Gasteiger partial charge on any atom is -0.374 e. The molecule has 3 aromatic rings. The molecule has 1 fully saturated rings. The van der Waals surface area contributed by atoms with Gasteiger partial charge in [0.25, 0.3) is 17.4 Å². The first kappa shape index (κ1) is 30.3. The molecule has 2 aliphatic rings. The number of carbonyl (C=O) groups is 2. The Morgan fingerprint density at radius 3 is 2.36 bits per heavy atom. The third-order valence-corrected chi connectivity index (χ3v) is 8.45. The molecule has 0 spiro atoms. The summed E-state index contributed by atoms with van der Waals surface area (Å²) in [6.07, 6.45) is -4.19. The summed E-state index contributed by atoms with van der Waals surface area (Å²) < 4.78 is 56.9. The number of rotatable bonds is 5. The first-order chi connectivity index (χ1) is 19.8. The fourth-order valence-electron chi connectivity index (χ4n) is 4.15. The number of hydrogen-bond acceptors (Lipinski definition) is 6. The van der Waals surface area contributed by atoms with Gasteiger partial charge in [0, 0.05) is 17.5 Å². The summed E-state index contributed by atoms with van der Waals surface area (Å²) in [4.78, 5) is 31.1. The molecule has 1 N–H and O–H groups in total. The molecule has 0 saturated carbocycles. The molecule has 42 heavy (non-hydrogen) atoms. The Kier molecular flexibility index (Phi) is 8.29. The summed E-state index contributed by atoms with van der Waals surface area (Å²) in [6, 6.07) is 14.4. The number of alkyl halides is 3. The molecule has 0 radical (unpaired) electrons. The number of hydrazine groups is 1. The molecule has 6 nitrogen and oxygen atoms in total. The first-order valence-corrected chi connectivity index (χ1v) is 14.1. The lowest BCUT2D eigenvalue weighted by molar-refractivity contribution is -0.275. The highest BCUT2D eigenvalue weighted by molar-refractivity contribution is 8.26. The second-order valence-electron chi connectivity index (χ2n) is 8.95. The molecular weight excluding hydrogens is 661 g/mol. The quantitative estimate of drug-likeness (QED) is 0.129. The Labute approximate surface area is 260 Å². The van der Waals surface area contributed by atoms with Crippen LogP contribution in [0.15, 0.2) is 70.7 Å². The van der Waals surface area contributed by atoms with Gasteiger partial charge in [0.1, 0.15) is 0 Å². The van der Waals surface area contributed by atoms with Crippen LogP contribution in [0.1, 0.15) is 33.5 Å². The standard InChI is InChI=1S/C27H14Cl3F4N3O3S2/c28-17-9-14(20-12-26(40-36-20,27(32,33)34)15-10-18(29)22(31)19(30)11-15)6-7-16(17)23(38)35-37-24(39)21(42-25(37)41)8-13-4-2-1-3-5-13/h1-11H,12H2,(H,35,38)/b21-8-. The van der Waals surface area contributed by atoms with Gasteiger partial charge in [0.15, 0.2) is 10.1 Å². The maximum Gasteiger partial charge on any atom is 0.435 e. The van der Waals surface area contributed by atoms with Crippen LogP contribution in [-0.2, 0) is 15.2 Å². The zero-order valence-electron chi connectivity index (χ0n) is 20.6. The number of amides is 2. The zero-order chi connectivity index (χ0) is 30.4. The van der Waals surface area contributed by atoms with Crippen LogP contribution in [0.5, 0.6) is 0 Å². The topological polar surface area (TPSA) is 71.0 Å². The van der Waals surface area contributed by atoms with Crippen molar-refractivity contribution in [2.75, 3.05) is 0 Å². The van der Waals surface area contributed by atoms with Crippen LogP contribution >= 0.6 is 58.8 Å². The van der Waals surface area contributed by atoms with Crippen molar-refractivity contribution in [1.29, 1.82) is 0 Å². The number of thiocarbonyl (C=S) groups is 1. The van der Waals surface area contributed by atoms with Crippen LogP contribution in [0.3, 0.4) is 0 Å². The first-order valence-electron chi connectivity index (χ1n) is 11.7. The van der Waals surface area contributed by atoms with Crippen molar-refractivity contribution in [1.82, 2.24) is 10.4 Å². The number of hydrogen-bond donors (Lipinski definition) is 1. The Morgan fingerprint density at radius 2 is 1.74 bits per heavy atom. The number of thioether (sulfide) groups is 1. The highest BCUT2D eigenvalue weighted by atomic mass is 35.5. The predicted molar refractivity (Wildman–Crippen MR) is 157 cm³/mol. The lowest BCUT2D eigenvalue weighted by Crippen LogP contribution is -2.45. The zero-order valence-corrected chi connectivity index (χ0v) is 24.5. The van der Waals surface area contributed by atoms with E-state index in [1.807, 2.05) is 6.07 Å². The molecule has 15 heteroatoms. The van der Waals surface area contributed by atoms with Crippen molar-refractivity contribution in [2.24, 2.45) is 5.16 Å². The molecule has 2 amide bonds. The Hall–Kier alpha value is -3.16. The normalized spacial score (nSPS) is 19.7. The van der Waals surface area contributed by atoms with E-state index < -0.39 is 51.4 Å². The number of oxime groups is 1. The van der Waals surface area contributed by atoms with E-state index in [-0.39, 0.29) is 26.2 Å². The SMILES string of the molecule is O=C(NN1C(=O)/C(=C/c2ccccc2)SC1=S)c1ccc(C2=NOC(c3cc(Cl)c(F)c(Cl)c3)(C(F)(F)F)C2)cc1Cl. The third kappa shape index (κ3) is 5.61. The molecule has 2 aliphatic heterocycles. The van der Waals surface area contributed by atoms with Crippen molar-refractivity contribution >= 4 is 86.7 Å². The maximum atomic E-state index is 14.3. The fourth-order valence-corrected chi connectivity index (χ4v) is 6.09. The summed E-state index contributed by atoms with van der Waals surface area (Å²) in [7, 11) is 0. The fraction of sp³-hybridized carbons (Fsp3) is 0.111. The summed E-state index contributed by atoms with van der Waals surface area (Å²) >= 11 is 24.1. The van der Waals surface area contributed by atoms with E-state index in [1.165, 1.54) is 18.2 Å². The smallest absolute Gasteiger partial charge is 0.374 e. The second-order valence-corrected chi connectivity index (χ2v) is 11.8. The molecule has 1 unspecified atom stereocenters. The van der Waals surface area contributed by atoms with E-state index in [2.05, 4.69) is 10.6 Å². The lowest BCUT2D eigenvalue weighted by Gasteiger charge is -2.29. The van der Waals surface area contributed by atoms with Crippen LogP contribution in [0.4, 0.5) is 17.6 Å². The molecule has 1 saturated heterocycles. The number of nitrogens with zero attached hydrogens (tertiary/aromatic N) is 2. The van der Waals surface area contributed by atoms with Gasteiger partial charge in [0.2, 0.25) is 0 Å². The van der Waals surface area contributed by atoms with E-state index >= 15 is 0 Å². The van der Waals surface area contributed by atoms with Gasteiger partial charge >= 0.3 is 6.18 Å². The van der Waals surface area contributed by atoms with Crippen LogP contribution in [0.2, 0.25) is 15.1 Å². The molecule has 1 atom stereocenters. The number of benzene rings is 3. The number of halogens is 7. The molecule has 5 rings (SSSR count).